The predicted molar refractivity (Wildman–Crippen MR) is 103 cm³/mol. The summed E-state index contributed by atoms with van der Waals surface area (Å²) in [5.41, 5.74) is 0.636. The number of benzene rings is 1. The lowest BCUT2D eigenvalue weighted by atomic mass is 9.78. The highest BCUT2D eigenvalue weighted by Gasteiger charge is 2.34. The maximum atomic E-state index is 14.1. The molecule has 0 bridgehead atoms. The second kappa shape index (κ2) is 8.49. The van der Waals surface area contributed by atoms with Crippen molar-refractivity contribution in [1.29, 1.82) is 0 Å². The van der Waals surface area contributed by atoms with E-state index in [2.05, 4.69) is 11.9 Å². The van der Waals surface area contributed by atoms with Crippen LogP contribution in [0.1, 0.15) is 48.5 Å². The van der Waals surface area contributed by atoms with Gasteiger partial charge in [-0.05, 0) is 56.1 Å². The third kappa shape index (κ3) is 4.15. The average molecular weight is 392 g/mol. The van der Waals surface area contributed by atoms with Gasteiger partial charge in [-0.3, -0.25) is 4.79 Å². The Balaban J connectivity index is 1.52. The largest absolute Gasteiger partial charge is 0.511 e. The molecule has 1 heterocycles. The summed E-state index contributed by atoms with van der Waals surface area (Å²) in [5, 5.41) is 31.6. The number of phenolic OH excluding ortho intramolecular Hbond substituents is 1. The van der Waals surface area contributed by atoms with E-state index in [1.807, 2.05) is 6.92 Å². The van der Waals surface area contributed by atoms with Gasteiger partial charge in [-0.25, -0.2) is 4.39 Å². The number of phenols is 1. The number of aliphatic hydroxyl groups is 2. The Bertz CT molecular complexity index is 746. The van der Waals surface area contributed by atoms with Crippen LogP contribution in [0, 0.1) is 17.7 Å². The number of halogens is 1. The maximum absolute atomic E-state index is 14.1. The molecule has 0 aromatic heterocycles. The van der Waals surface area contributed by atoms with Crippen molar-refractivity contribution in [3.05, 3.63) is 41.4 Å². The molecule has 1 unspecified atom stereocenters. The van der Waals surface area contributed by atoms with Crippen LogP contribution in [0.5, 0.6) is 5.75 Å². The van der Waals surface area contributed by atoms with E-state index < -0.39 is 17.6 Å². The number of hydrogen-bond donors (Lipinski definition) is 4. The zero-order valence-electron chi connectivity index (χ0n) is 16.2. The van der Waals surface area contributed by atoms with E-state index in [1.165, 1.54) is 6.07 Å². The van der Waals surface area contributed by atoms with Crippen molar-refractivity contribution in [1.82, 2.24) is 10.2 Å². The van der Waals surface area contributed by atoms with Crippen LogP contribution in [-0.2, 0) is 6.54 Å². The number of amides is 1. The Kier molecular flexibility index (Phi) is 6.25. The van der Waals surface area contributed by atoms with E-state index in [4.69, 9.17) is 0 Å². The first kappa shape index (κ1) is 20.6. The fraction of sp³-hybridized carbons (Fsp3) is 0.571. The number of nitrogens with zero attached hydrogens (tertiary/aromatic N) is 1. The Hall–Kier alpha value is -2.12. The number of fused-ring (bicyclic) bond motifs is 1. The van der Waals surface area contributed by atoms with E-state index in [1.54, 1.807) is 11.0 Å². The summed E-state index contributed by atoms with van der Waals surface area (Å²) in [6.07, 6.45) is 3.90. The van der Waals surface area contributed by atoms with E-state index in [-0.39, 0.29) is 29.9 Å². The number of aliphatic hydroxyl groups excluding tert-OH is 2. The molecule has 28 heavy (non-hydrogen) atoms. The van der Waals surface area contributed by atoms with Crippen molar-refractivity contribution in [3.63, 3.8) is 0 Å². The third-order valence-electron chi connectivity index (χ3n) is 6.20. The summed E-state index contributed by atoms with van der Waals surface area (Å²) >= 11 is 0. The summed E-state index contributed by atoms with van der Waals surface area (Å²) in [6, 6.07) is 2.53. The smallest absolute Gasteiger partial charge is 0.257 e. The third-order valence-corrected chi connectivity index (χ3v) is 6.20. The first-order valence-electron chi connectivity index (χ1n) is 9.86. The minimum atomic E-state index is -0.822. The van der Waals surface area contributed by atoms with Gasteiger partial charge in [-0.1, -0.05) is 12.6 Å². The second-order valence-electron chi connectivity index (χ2n) is 8.08. The molecule has 6 nitrogen and oxygen atoms in total. The fourth-order valence-electron chi connectivity index (χ4n) is 4.44. The van der Waals surface area contributed by atoms with Crippen LogP contribution in [0.3, 0.4) is 0 Å². The lowest BCUT2D eigenvalue weighted by Gasteiger charge is -2.35. The van der Waals surface area contributed by atoms with E-state index >= 15 is 0 Å². The molecule has 154 valence electrons. The fourth-order valence-corrected chi connectivity index (χ4v) is 4.44. The average Bonchev–Trinajstić information content (AvgIpc) is 2.99. The van der Waals surface area contributed by atoms with E-state index in [9.17, 15) is 24.5 Å². The summed E-state index contributed by atoms with van der Waals surface area (Å²) in [6.45, 7) is 6.32. The Labute approximate surface area is 164 Å². The number of rotatable bonds is 7. The van der Waals surface area contributed by atoms with Gasteiger partial charge in [0.2, 0.25) is 0 Å². The number of aromatic hydroxyl groups is 1. The van der Waals surface area contributed by atoms with Crippen molar-refractivity contribution in [3.8, 4) is 5.75 Å². The molecule has 1 aromatic carbocycles. The molecule has 0 radical (unpaired) electrons. The lowest BCUT2D eigenvalue weighted by Crippen LogP contribution is -2.45. The highest BCUT2D eigenvalue weighted by atomic mass is 19.1. The Morgan fingerprint density at radius 2 is 2.04 bits per heavy atom. The maximum Gasteiger partial charge on any atom is 0.257 e. The minimum absolute atomic E-state index is 0.00536. The van der Waals surface area contributed by atoms with Crippen LogP contribution in [0.15, 0.2) is 24.5 Å². The molecule has 1 aliphatic carbocycles. The normalized spacial score (nSPS) is 24.1. The summed E-state index contributed by atoms with van der Waals surface area (Å²) in [5.74, 6) is -0.924. The molecule has 1 fully saturated rings. The zero-order chi connectivity index (χ0) is 20.4. The summed E-state index contributed by atoms with van der Waals surface area (Å²) in [4.78, 5) is 14.2. The zero-order valence-corrected chi connectivity index (χ0v) is 16.2. The first-order valence-corrected chi connectivity index (χ1v) is 9.86. The first-order chi connectivity index (χ1) is 13.3. The van der Waals surface area contributed by atoms with Crippen molar-refractivity contribution in [2.75, 3.05) is 13.2 Å². The van der Waals surface area contributed by atoms with Gasteiger partial charge >= 0.3 is 0 Å². The quantitative estimate of drug-likeness (QED) is 0.536. The minimum Gasteiger partial charge on any atom is -0.511 e. The van der Waals surface area contributed by atoms with E-state index in [0.717, 1.165) is 25.7 Å². The standard InChI is InChI=1S/C21H29FN2O4/c1-12(23-17(11-25)13(2)26)15-5-3-14(4-6-15)9-24-10-16-7-8-18(27)20(22)19(16)21(24)28/h7-8,12,14-15,17,23,25-27H,2-6,9-11H2,1H3/t12?,14?,15?,17-/m1/s1. The SMILES string of the molecule is C=C(O)[C@@H](CO)NC(C)C1CCC(CN2Cc3ccc(O)c(F)c3C2=O)CC1. The molecule has 1 saturated carbocycles. The highest BCUT2D eigenvalue weighted by Crippen LogP contribution is 2.35. The van der Waals surface area contributed by atoms with Crippen molar-refractivity contribution < 1.29 is 24.5 Å². The van der Waals surface area contributed by atoms with E-state index in [0.29, 0.717) is 30.5 Å². The van der Waals surface area contributed by atoms with Gasteiger partial charge < -0.3 is 25.5 Å². The Morgan fingerprint density at radius 1 is 1.36 bits per heavy atom. The van der Waals surface area contributed by atoms with Gasteiger partial charge in [0.25, 0.3) is 5.91 Å². The molecule has 4 N–H and O–H groups in total. The number of carbonyl (C=O) groups excluding carboxylic acids is 1. The molecule has 0 spiro atoms. The number of hydrogen-bond acceptors (Lipinski definition) is 5. The molecule has 2 atom stereocenters. The molecular formula is C21H29FN2O4. The summed E-state index contributed by atoms with van der Waals surface area (Å²) in [7, 11) is 0. The van der Waals surface area contributed by atoms with Crippen molar-refractivity contribution >= 4 is 5.91 Å². The monoisotopic (exact) mass is 392 g/mol. The molecule has 7 heteroatoms. The Morgan fingerprint density at radius 3 is 2.64 bits per heavy atom. The second-order valence-corrected chi connectivity index (χ2v) is 8.08. The van der Waals surface area contributed by atoms with Gasteiger partial charge in [0.15, 0.2) is 11.6 Å². The van der Waals surface area contributed by atoms with Crippen LogP contribution in [0.2, 0.25) is 0 Å². The number of carbonyl (C=O) groups is 1. The van der Waals surface area contributed by atoms with Crippen LogP contribution < -0.4 is 5.32 Å². The highest BCUT2D eigenvalue weighted by molar-refractivity contribution is 5.99. The lowest BCUT2D eigenvalue weighted by molar-refractivity contribution is 0.0720. The van der Waals surface area contributed by atoms with Crippen LogP contribution in [0.25, 0.3) is 0 Å². The molecule has 2 aliphatic rings. The number of nitrogens with one attached hydrogen (secondary N) is 1. The molecule has 1 aromatic rings. The van der Waals surface area contributed by atoms with Crippen LogP contribution >= 0.6 is 0 Å². The molecule has 1 aliphatic heterocycles. The topological polar surface area (TPSA) is 93.0 Å². The molecule has 3 rings (SSSR count). The summed E-state index contributed by atoms with van der Waals surface area (Å²) < 4.78 is 14.1. The van der Waals surface area contributed by atoms with Crippen LogP contribution in [-0.4, -0.2) is 51.4 Å². The molecule has 0 saturated heterocycles. The van der Waals surface area contributed by atoms with Crippen molar-refractivity contribution in [2.45, 2.75) is 51.2 Å². The molecule has 1 amide bonds. The van der Waals surface area contributed by atoms with Gasteiger partial charge in [-0.2, -0.15) is 0 Å². The van der Waals surface area contributed by atoms with Gasteiger partial charge in [-0.15, -0.1) is 0 Å². The van der Waals surface area contributed by atoms with Crippen molar-refractivity contribution in [2.24, 2.45) is 11.8 Å². The molecular weight excluding hydrogens is 363 g/mol. The van der Waals surface area contributed by atoms with Gasteiger partial charge in [0.05, 0.1) is 18.2 Å². The predicted octanol–water partition coefficient (Wildman–Crippen LogP) is 2.70. The van der Waals surface area contributed by atoms with Gasteiger partial charge in [0.1, 0.15) is 5.76 Å². The van der Waals surface area contributed by atoms with Crippen LogP contribution in [0.4, 0.5) is 4.39 Å². The van der Waals surface area contributed by atoms with Gasteiger partial charge in [0, 0.05) is 19.1 Å².